The van der Waals surface area contributed by atoms with Crippen LogP contribution in [0.3, 0.4) is 0 Å². The van der Waals surface area contributed by atoms with Crippen molar-refractivity contribution in [3.8, 4) is 0 Å². The summed E-state index contributed by atoms with van der Waals surface area (Å²) in [6, 6.07) is 6.07. The van der Waals surface area contributed by atoms with Crippen LogP contribution in [-0.4, -0.2) is 11.8 Å². The van der Waals surface area contributed by atoms with Gasteiger partial charge in [0, 0.05) is 24.6 Å². The minimum absolute atomic E-state index is 0.0749. The molecule has 0 unspecified atom stereocenters. The number of anilines is 1. The standard InChI is InChI=1S/C17H22N2O2/c20-16-9-8-13-7-6-12(10-15(13)19-16)11-18-17(21)14-4-2-1-3-5-14/h6-7,10,14H,1-5,8-9,11H2,(H,18,21)(H,19,20). The van der Waals surface area contributed by atoms with E-state index in [1.165, 1.54) is 24.8 Å². The zero-order valence-electron chi connectivity index (χ0n) is 12.3. The lowest BCUT2D eigenvalue weighted by atomic mass is 9.88. The van der Waals surface area contributed by atoms with Crippen LogP contribution in [0.2, 0.25) is 0 Å². The van der Waals surface area contributed by atoms with Crippen molar-refractivity contribution in [1.29, 1.82) is 0 Å². The van der Waals surface area contributed by atoms with E-state index in [4.69, 9.17) is 0 Å². The summed E-state index contributed by atoms with van der Waals surface area (Å²) in [6.07, 6.45) is 7.00. The van der Waals surface area contributed by atoms with Gasteiger partial charge < -0.3 is 10.6 Å². The van der Waals surface area contributed by atoms with Gasteiger partial charge in [0.1, 0.15) is 0 Å². The van der Waals surface area contributed by atoms with Crippen LogP contribution in [0.1, 0.15) is 49.7 Å². The normalized spacial score (nSPS) is 18.8. The first-order chi connectivity index (χ1) is 10.2. The van der Waals surface area contributed by atoms with Gasteiger partial charge in [-0.1, -0.05) is 31.4 Å². The summed E-state index contributed by atoms with van der Waals surface area (Å²) in [5, 5.41) is 5.93. The predicted molar refractivity (Wildman–Crippen MR) is 81.8 cm³/mol. The molecule has 0 radical (unpaired) electrons. The Bertz CT molecular complexity index is 548. The number of fused-ring (bicyclic) bond motifs is 1. The molecule has 1 aliphatic carbocycles. The van der Waals surface area contributed by atoms with Crippen molar-refractivity contribution in [3.63, 3.8) is 0 Å². The number of rotatable bonds is 3. The number of amides is 2. The van der Waals surface area contributed by atoms with E-state index in [1.54, 1.807) is 0 Å². The largest absolute Gasteiger partial charge is 0.352 e. The number of aryl methyl sites for hydroxylation is 1. The molecule has 1 saturated carbocycles. The molecule has 2 amide bonds. The molecule has 2 aliphatic rings. The van der Waals surface area contributed by atoms with Gasteiger partial charge >= 0.3 is 0 Å². The first-order valence-electron chi connectivity index (χ1n) is 7.92. The van der Waals surface area contributed by atoms with Gasteiger partial charge in [0.25, 0.3) is 0 Å². The van der Waals surface area contributed by atoms with E-state index >= 15 is 0 Å². The van der Waals surface area contributed by atoms with Gasteiger partial charge in [-0.15, -0.1) is 0 Å². The van der Waals surface area contributed by atoms with Crippen LogP contribution in [0.25, 0.3) is 0 Å². The molecule has 1 aromatic rings. The topological polar surface area (TPSA) is 58.2 Å². The zero-order chi connectivity index (χ0) is 14.7. The molecule has 0 bridgehead atoms. The van der Waals surface area contributed by atoms with E-state index in [1.807, 2.05) is 12.1 Å². The molecule has 0 atom stereocenters. The summed E-state index contributed by atoms with van der Waals surface area (Å²) in [5.41, 5.74) is 3.12. The van der Waals surface area contributed by atoms with Crippen LogP contribution < -0.4 is 10.6 Å². The third-order valence-electron chi connectivity index (χ3n) is 4.51. The Balaban J connectivity index is 1.59. The van der Waals surface area contributed by atoms with Crippen molar-refractivity contribution in [1.82, 2.24) is 5.32 Å². The molecule has 1 fully saturated rings. The number of hydrogen-bond acceptors (Lipinski definition) is 2. The fourth-order valence-electron chi connectivity index (χ4n) is 3.23. The second-order valence-corrected chi connectivity index (χ2v) is 6.09. The van der Waals surface area contributed by atoms with E-state index in [2.05, 4.69) is 16.7 Å². The third-order valence-corrected chi connectivity index (χ3v) is 4.51. The highest BCUT2D eigenvalue weighted by atomic mass is 16.2. The SMILES string of the molecule is O=C1CCc2ccc(CNC(=O)C3CCCCC3)cc2N1. The van der Waals surface area contributed by atoms with E-state index in [0.717, 1.165) is 30.5 Å². The van der Waals surface area contributed by atoms with Crippen molar-refractivity contribution < 1.29 is 9.59 Å². The Kier molecular flexibility index (Phi) is 4.23. The smallest absolute Gasteiger partial charge is 0.224 e. The van der Waals surface area contributed by atoms with Crippen molar-refractivity contribution in [3.05, 3.63) is 29.3 Å². The molecule has 1 aromatic carbocycles. The van der Waals surface area contributed by atoms with Gasteiger partial charge in [-0.3, -0.25) is 9.59 Å². The molecule has 112 valence electrons. The Morgan fingerprint density at radius 2 is 2.00 bits per heavy atom. The average molecular weight is 286 g/mol. The molecule has 21 heavy (non-hydrogen) atoms. The maximum atomic E-state index is 12.1. The first-order valence-corrected chi connectivity index (χ1v) is 7.92. The number of benzene rings is 1. The van der Waals surface area contributed by atoms with E-state index < -0.39 is 0 Å². The summed E-state index contributed by atoms with van der Waals surface area (Å²) in [4.78, 5) is 23.6. The molecule has 4 nitrogen and oxygen atoms in total. The van der Waals surface area contributed by atoms with Crippen molar-refractivity contribution >= 4 is 17.5 Å². The van der Waals surface area contributed by atoms with E-state index in [9.17, 15) is 9.59 Å². The summed E-state index contributed by atoms with van der Waals surface area (Å²) >= 11 is 0. The lowest BCUT2D eigenvalue weighted by Crippen LogP contribution is -2.31. The molecule has 0 saturated heterocycles. The van der Waals surface area contributed by atoms with Crippen LogP contribution in [0.15, 0.2) is 18.2 Å². The Labute approximate surface area is 125 Å². The molecule has 0 aromatic heterocycles. The molecule has 1 heterocycles. The first kappa shape index (κ1) is 14.1. The Morgan fingerprint density at radius 3 is 2.81 bits per heavy atom. The van der Waals surface area contributed by atoms with Gasteiger partial charge in [0.05, 0.1) is 0 Å². The summed E-state index contributed by atoms with van der Waals surface area (Å²) in [5.74, 6) is 0.443. The molecule has 2 N–H and O–H groups in total. The number of carbonyl (C=O) groups excluding carboxylic acids is 2. The lowest BCUT2D eigenvalue weighted by molar-refractivity contribution is -0.126. The fraction of sp³-hybridized carbons (Fsp3) is 0.529. The van der Waals surface area contributed by atoms with Gasteiger partial charge in [-0.05, 0) is 36.5 Å². The molecule has 3 rings (SSSR count). The second kappa shape index (κ2) is 6.29. The highest BCUT2D eigenvalue weighted by Crippen LogP contribution is 2.25. The van der Waals surface area contributed by atoms with Gasteiger partial charge in [-0.25, -0.2) is 0 Å². The minimum atomic E-state index is 0.0749. The Morgan fingerprint density at radius 1 is 1.19 bits per heavy atom. The summed E-state index contributed by atoms with van der Waals surface area (Å²) in [6.45, 7) is 0.540. The summed E-state index contributed by atoms with van der Waals surface area (Å²) < 4.78 is 0. The molecule has 1 aliphatic heterocycles. The van der Waals surface area contributed by atoms with E-state index in [-0.39, 0.29) is 17.7 Å². The van der Waals surface area contributed by atoms with Crippen molar-refractivity contribution in [2.45, 2.75) is 51.5 Å². The second-order valence-electron chi connectivity index (χ2n) is 6.09. The number of carbonyl (C=O) groups is 2. The molecule has 4 heteroatoms. The quantitative estimate of drug-likeness (QED) is 0.897. The third kappa shape index (κ3) is 3.43. The number of hydrogen-bond donors (Lipinski definition) is 2. The molecular formula is C17H22N2O2. The summed E-state index contributed by atoms with van der Waals surface area (Å²) in [7, 11) is 0. The van der Waals surface area contributed by atoms with Crippen LogP contribution in [-0.2, 0) is 22.6 Å². The molecule has 0 spiro atoms. The maximum absolute atomic E-state index is 12.1. The highest BCUT2D eigenvalue weighted by Gasteiger charge is 2.21. The maximum Gasteiger partial charge on any atom is 0.224 e. The van der Waals surface area contributed by atoms with Gasteiger partial charge in [0.2, 0.25) is 11.8 Å². The van der Waals surface area contributed by atoms with Crippen LogP contribution in [0, 0.1) is 5.92 Å². The van der Waals surface area contributed by atoms with Gasteiger partial charge in [0.15, 0.2) is 0 Å². The average Bonchev–Trinajstić information content (AvgIpc) is 2.53. The van der Waals surface area contributed by atoms with Crippen LogP contribution >= 0.6 is 0 Å². The fourth-order valence-corrected chi connectivity index (χ4v) is 3.23. The zero-order valence-corrected chi connectivity index (χ0v) is 12.3. The monoisotopic (exact) mass is 286 g/mol. The Hall–Kier alpha value is -1.84. The van der Waals surface area contributed by atoms with Gasteiger partial charge in [-0.2, -0.15) is 0 Å². The molecular weight excluding hydrogens is 264 g/mol. The van der Waals surface area contributed by atoms with Crippen LogP contribution in [0.4, 0.5) is 5.69 Å². The van der Waals surface area contributed by atoms with E-state index in [0.29, 0.717) is 13.0 Å². The number of nitrogens with one attached hydrogen (secondary N) is 2. The predicted octanol–water partition coefficient (Wildman–Crippen LogP) is 2.77. The lowest BCUT2D eigenvalue weighted by Gasteiger charge is -2.21. The van der Waals surface area contributed by atoms with Crippen molar-refractivity contribution in [2.24, 2.45) is 5.92 Å². The highest BCUT2D eigenvalue weighted by molar-refractivity contribution is 5.94. The minimum Gasteiger partial charge on any atom is -0.352 e. The van der Waals surface area contributed by atoms with Crippen LogP contribution in [0.5, 0.6) is 0 Å². The van der Waals surface area contributed by atoms with Crippen molar-refractivity contribution in [2.75, 3.05) is 5.32 Å².